The number of amides is 1. The molecule has 0 spiro atoms. The van der Waals surface area contributed by atoms with E-state index in [1.54, 1.807) is 19.3 Å². The molecule has 0 fully saturated rings. The Morgan fingerprint density at radius 2 is 1.93 bits per heavy atom. The zero-order valence-electron chi connectivity index (χ0n) is 16.5. The van der Waals surface area contributed by atoms with Gasteiger partial charge in [0.05, 0.1) is 24.2 Å². The van der Waals surface area contributed by atoms with Crippen molar-refractivity contribution in [3.63, 3.8) is 0 Å². The summed E-state index contributed by atoms with van der Waals surface area (Å²) in [5.74, 6) is 1.93. The van der Waals surface area contributed by atoms with E-state index in [1.807, 2.05) is 41.2 Å². The number of sulfonamides is 1. The zero-order valence-corrected chi connectivity index (χ0v) is 17.3. The molecule has 1 aromatic heterocycles. The van der Waals surface area contributed by atoms with E-state index in [4.69, 9.17) is 6.42 Å². The largest absolute Gasteiger partial charge is 0.337 e. The molecule has 3 aromatic rings. The van der Waals surface area contributed by atoms with Crippen molar-refractivity contribution in [1.82, 2.24) is 19.4 Å². The van der Waals surface area contributed by atoms with Crippen LogP contribution in [0.3, 0.4) is 0 Å². The third-order valence-electron chi connectivity index (χ3n) is 4.40. The Hall–Kier alpha value is -3.41. The summed E-state index contributed by atoms with van der Waals surface area (Å²) in [6.45, 7) is 0.871. The van der Waals surface area contributed by atoms with Crippen molar-refractivity contribution >= 4 is 15.9 Å². The van der Waals surface area contributed by atoms with Crippen molar-refractivity contribution in [1.29, 1.82) is 0 Å². The molecule has 154 valence electrons. The van der Waals surface area contributed by atoms with Crippen LogP contribution < -0.4 is 4.72 Å². The van der Waals surface area contributed by atoms with E-state index in [0.717, 1.165) is 11.1 Å². The summed E-state index contributed by atoms with van der Waals surface area (Å²) < 4.78 is 28.6. The lowest BCUT2D eigenvalue weighted by Gasteiger charge is -2.17. The van der Waals surface area contributed by atoms with Gasteiger partial charge in [0.1, 0.15) is 0 Å². The van der Waals surface area contributed by atoms with Crippen LogP contribution in [-0.2, 0) is 23.1 Å². The maximum atomic E-state index is 12.8. The van der Waals surface area contributed by atoms with Crippen LogP contribution in [0.25, 0.3) is 0 Å². The van der Waals surface area contributed by atoms with Crippen molar-refractivity contribution in [3.8, 4) is 12.3 Å². The SMILES string of the molecule is C#CCNS(=O)(=O)c1cccc(C(=O)N(C)Cc2cnn(Cc3ccccc3)c2)c1. The zero-order chi connectivity index (χ0) is 21.6. The van der Waals surface area contributed by atoms with E-state index in [-0.39, 0.29) is 22.9 Å². The predicted octanol–water partition coefficient (Wildman–Crippen LogP) is 2.12. The number of benzene rings is 2. The summed E-state index contributed by atoms with van der Waals surface area (Å²) in [5, 5.41) is 4.35. The summed E-state index contributed by atoms with van der Waals surface area (Å²) in [4.78, 5) is 14.3. The molecule has 7 nitrogen and oxygen atoms in total. The van der Waals surface area contributed by atoms with Gasteiger partial charge in [0.15, 0.2) is 0 Å². The van der Waals surface area contributed by atoms with Gasteiger partial charge in [-0.1, -0.05) is 42.3 Å². The van der Waals surface area contributed by atoms with Gasteiger partial charge < -0.3 is 4.90 Å². The molecule has 0 saturated heterocycles. The lowest BCUT2D eigenvalue weighted by Crippen LogP contribution is -2.27. The van der Waals surface area contributed by atoms with Gasteiger partial charge in [0.2, 0.25) is 10.0 Å². The summed E-state index contributed by atoms with van der Waals surface area (Å²) in [6.07, 6.45) is 8.72. The van der Waals surface area contributed by atoms with E-state index in [1.165, 1.54) is 23.1 Å². The topological polar surface area (TPSA) is 84.3 Å². The smallest absolute Gasteiger partial charge is 0.253 e. The van der Waals surface area contributed by atoms with Crippen LogP contribution in [0.5, 0.6) is 0 Å². The summed E-state index contributed by atoms with van der Waals surface area (Å²) in [6, 6.07) is 15.8. The van der Waals surface area contributed by atoms with E-state index in [9.17, 15) is 13.2 Å². The molecule has 0 atom stereocenters. The molecule has 1 heterocycles. The molecule has 3 rings (SSSR count). The minimum atomic E-state index is -3.77. The number of nitrogens with one attached hydrogen (secondary N) is 1. The molecule has 0 aliphatic carbocycles. The monoisotopic (exact) mass is 422 g/mol. The van der Waals surface area contributed by atoms with Gasteiger partial charge in [-0.15, -0.1) is 6.42 Å². The number of terminal acetylenes is 1. The van der Waals surface area contributed by atoms with Crippen LogP contribution in [0, 0.1) is 12.3 Å². The van der Waals surface area contributed by atoms with Crippen molar-refractivity contribution in [3.05, 3.63) is 83.7 Å². The summed E-state index contributed by atoms with van der Waals surface area (Å²) >= 11 is 0. The average molecular weight is 423 g/mol. The molecular weight excluding hydrogens is 400 g/mol. The Balaban J connectivity index is 1.68. The van der Waals surface area contributed by atoms with Crippen LogP contribution in [0.2, 0.25) is 0 Å². The minimum Gasteiger partial charge on any atom is -0.337 e. The molecule has 0 unspecified atom stereocenters. The van der Waals surface area contributed by atoms with Gasteiger partial charge in [-0.25, -0.2) is 8.42 Å². The first-order chi connectivity index (χ1) is 14.4. The molecule has 30 heavy (non-hydrogen) atoms. The van der Waals surface area contributed by atoms with Gasteiger partial charge in [-0.2, -0.15) is 9.82 Å². The molecule has 1 N–H and O–H groups in total. The molecule has 2 aromatic carbocycles. The fourth-order valence-corrected chi connectivity index (χ4v) is 3.91. The fraction of sp³-hybridized carbons (Fsp3) is 0.182. The predicted molar refractivity (Wildman–Crippen MR) is 114 cm³/mol. The number of hydrogen-bond donors (Lipinski definition) is 1. The first kappa shape index (κ1) is 21.3. The maximum absolute atomic E-state index is 12.8. The van der Waals surface area contributed by atoms with Crippen molar-refractivity contribution in [2.45, 2.75) is 18.0 Å². The highest BCUT2D eigenvalue weighted by Crippen LogP contribution is 2.14. The van der Waals surface area contributed by atoms with Gasteiger partial charge in [0.25, 0.3) is 5.91 Å². The first-order valence-corrected chi connectivity index (χ1v) is 10.7. The third kappa shape index (κ3) is 5.35. The van der Waals surface area contributed by atoms with E-state index < -0.39 is 10.0 Å². The molecule has 0 saturated carbocycles. The highest BCUT2D eigenvalue weighted by Gasteiger charge is 2.18. The van der Waals surface area contributed by atoms with E-state index in [0.29, 0.717) is 13.1 Å². The number of rotatable bonds is 8. The lowest BCUT2D eigenvalue weighted by molar-refractivity contribution is 0.0785. The number of carbonyl (C=O) groups is 1. The van der Waals surface area contributed by atoms with Crippen LogP contribution >= 0.6 is 0 Å². The third-order valence-corrected chi connectivity index (χ3v) is 5.80. The Labute approximate surface area is 176 Å². The summed E-state index contributed by atoms with van der Waals surface area (Å²) in [5.41, 5.74) is 2.28. The van der Waals surface area contributed by atoms with Gasteiger partial charge in [0, 0.05) is 30.9 Å². The van der Waals surface area contributed by atoms with Crippen molar-refractivity contribution in [2.24, 2.45) is 0 Å². The second kappa shape index (κ2) is 9.39. The van der Waals surface area contributed by atoms with Crippen LogP contribution in [0.4, 0.5) is 0 Å². The van der Waals surface area contributed by atoms with Crippen molar-refractivity contribution in [2.75, 3.05) is 13.6 Å². The molecule has 1 amide bonds. The number of carbonyl (C=O) groups excluding carboxylic acids is 1. The fourth-order valence-electron chi connectivity index (χ4n) is 2.93. The Kier molecular flexibility index (Phi) is 6.67. The summed E-state index contributed by atoms with van der Waals surface area (Å²) in [7, 11) is -2.10. The Morgan fingerprint density at radius 3 is 2.67 bits per heavy atom. The number of nitrogens with zero attached hydrogens (tertiary/aromatic N) is 3. The second-order valence-corrected chi connectivity index (χ2v) is 8.52. The van der Waals surface area contributed by atoms with Crippen molar-refractivity contribution < 1.29 is 13.2 Å². The molecule has 0 aliphatic heterocycles. The Morgan fingerprint density at radius 1 is 1.17 bits per heavy atom. The molecule has 0 radical (unpaired) electrons. The maximum Gasteiger partial charge on any atom is 0.253 e. The average Bonchev–Trinajstić information content (AvgIpc) is 3.19. The molecular formula is C22H22N4O3S. The van der Waals surface area contributed by atoms with Crippen LogP contribution in [0.1, 0.15) is 21.5 Å². The highest BCUT2D eigenvalue weighted by molar-refractivity contribution is 7.89. The normalized spacial score (nSPS) is 11.1. The van der Waals surface area contributed by atoms with Gasteiger partial charge in [-0.3, -0.25) is 9.48 Å². The van der Waals surface area contributed by atoms with E-state index in [2.05, 4.69) is 15.7 Å². The van der Waals surface area contributed by atoms with Gasteiger partial charge >= 0.3 is 0 Å². The highest BCUT2D eigenvalue weighted by atomic mass is 32.2. The minimum absolute atomic E-state index is 0.00678. The molecule has 0 aliphatic rings. The van der Waals surface area contributed by atoms with E-state index >= 15 is 0 Å². The number of hydrogen-bond acceptors (Lipinski definition) is 4. The standard InChI is InChI=1S/C22H22N4O3S/c1-3-12-24-30(28,29)21-11-7-10-20(13-21)22(27)25(2)15-19-14-23-26(17-19)16-18-8-5-4-6-9-18/h1,4-11,13-14,17,24H,12,15-16H2,2H3. The van der Waals surface area contributed by atoms with Gasteiger partial charge in [-0.05, 0) is 23.8 Å². The van der Waals surface area contributed by atoms with Crippen LogP contribution in [0.15, 0.2) is 71.9 Å². The quantitative estimate of drug-likeness (QED) is 0.564. The lowest BCUT2D eigenvalue weighted by atomic mass is 10.2. The number of aromatic nitrogens is 2. The van der Waals surface area contributed by atoms with Crippen LogP contribution in [-0.4, -0.2) is 42.6 Å². The Bertz CT molecular complexity index is 1160. The molecule has 0 bridgehead atoms. The molecule has 8 heteroatoms. The second-order valence-electron chi connectivity index (χ2n) is 6.75. The first-order valence-electron chi connectivity index (χ1n) is 9.23.